The Hall–Kier alpha value is -1.21. The molecule has 0 amide bonds. The molecule has 1 atom stereocenters. The van der Waals surface area contributed by atoms with Crippen LogP contribution in [0.4, 0.5) is 5.82 Å². The van der Waals surface area contributed by atoms with Gasteiger partial charge in [-0.25, -0.2) is 14.6 Å². The number of aromatic nitrogens is 4. The van der Waals surface area contributed by atoms with E-state index in [0.717, 1.165) is 47.4 Å². The third-order valence-electron chi connectivity index (χ3n) is 3.63. The van der Waals surface area contributed by atoms with E-state index in [-0.39, 0.29) is 6.61 Å². The van der Waals surface area contributed by atoms with Gasteiger partial charge in [-0.1, -0.05) is 0 Å². The molecule has 2 aromatic heterocycles. The third kappa shape index (κ3) is 2.21. The highest BCUT2D eigenvalue weighted by Crippen LogP contribution is 2.31. The predicted octanol–water partition coefficient (Wildman–Crippen LogP) is 1.33. The Morgan fingerprint density at radius 3 is 3.11 bits per heavy atom. The van der Waals surface area contributed by atoms with Gasteiger partial charge in [0.25, 0.3) is 0 Å². The Morgan fingerprint density at radius 2 is 2.32 bits per heavy atom. The summed E-state index contributed by atoms with van der Waals surface area (Å²) in [7, 11) is 1.87. The van der Waals surface area contributed by atoms with Gasteiger partial charge < -0.3 is 10.0 Å². The van der Waals surface area contributed by atoms with Crippen molar-refractivity contribution in [3.63, 3.8) is 0 Å². The third-order valence-corrected chi connectivity index (χ3v) is 4.19. The first-order chi connectivity index (χ1) is 9.20. The summed E-state index contributed by atoms with van der Waals surface area (Å²) in [5, 5.41) is 14.6. The molecule has 0 saturated carbocycles. The Kier molecular flexibility index (Phi) is 3.40. The SMILES string of the molecule is Cn1nc(Br)c2c(N3CCC[C@@H](CO)C3)ncnc21. The minimum Gasteiger partial charge on any atom is -0.396 e. The van der Waals surface area contributed by atoms with Gasteiger partial charge in [0, 0.05) is 26.7 Å². The van der Waals surface area contributed by atoms with Crippen molar-refractivity contribution in [2.24, 2.45) is 13.0 Å². The van der Waals surface area contributed by atoms with Crippen LogP contribution in [0.25, 0.3) is 11.0 Å². The van der Waals surface area contributed by atoms with Crippen molar-refractivity contribution in [2.75, 3.05) is 24.6 Å². The van der Waals surface area contributed by atoms with Gasteiger partial charge in [-0.15, -0.1) is 0 Å². The number of halogens is 1. The Balaban J connectivity index is 2.05. The molecule has 102 valence electrons. The summed E-state index contributed by atoms with van der Waals surface area (Å²) in [4.78, 5) is 10.9. The number of hydrogen-bond donors (Lipinski definition) is 1. The molecule has 1 aliphatic rings. The summed E-state index contributed by atoms with van der Waals surface area (Å²) >= 11 is 3.48. The van der Waals surface area contributed by atoms with E-state index >= 15 is 0 Å². The number of nitrogens with zero attached hydrogens (tertiary/aromatic N) is 5. The van der Waals surface area contributed by atoms with Crippen molar-refractivity contribution in [1.29, 1.82) is 0 Å². The number of fused-ring (bicyclic) bond motifs is 1. The summed E-state index contributed by atoms with van der Waals surface area (Å²) in [5.41, 5.74) is 0.822. The fraction of sp³-hybridized carbons (Fsp3) is 0.583. The maximum Gasteiger partial charge on any atom is 0.164 e. The molecule has 3 rings (SSSR count). The summed E-state index contributed by atoms with van der Waals surface area (Å²) < 4.78 is 2.52. The van der Waals surface area contributed by atoms with Crippen molar-refractivity contribution in [2.45, 2.75) is 12.8 Å². The second-order valence-corrected chi connectivity index (χ2v) is 5.70. The van der Waals surface area contributed by atoms with Crippen molar-refractivity contribution in [3.8, 4) is 0 Å². The number of aliphatic hydroxyl groups excluding tert-OH is 1. The lowest BCUT2D eigenvalue weighted by atomic mass is 9.99. The van der Waals surface area contributed by atoms with Gasteiger partial charge in [0.05, 0.1) is 5.39 Å². The number of hydrogen-bond acceptors (Lipinski definition) is 5. The van der Waals surface area contributed by atoms with Gasteiger partial charge >= 0.3 is 0 Å². The van der Waals surface area contributed by atoms with E-state index in [0.29, 0.717) is 5.92 Å². The Morgan fingerprint density at radius 1 is 1.47 bits per heavy atom. The first-order valence-corrected chi connectivity index (χ1v) is 7.19. The average molecular weight is 326 g/mol. The van der Waals surface area contributed by atoms with E-state index < -0.39 is 0 Å². The summed E-state index contributed by atoms with van der Waals surface area (Å²) in [6.45, 7) is 2.03. The lowest BCUT2D eigenvalue weighted by Gasteiger charge is -2.32. The molecular weight excluding hydrogens is 310 g/mol. The molecule has 0 bridgehead atoms. The van der Waals surface area contributed by atoms with E-state index in [1.807, 2.05) is 7.05 Å². The minimum atomic E-state index is 0.235. The fourth-order valence-electron chi connectivity index (χ4n) is 2.67. The number of anilines is 1. The van der Waals surface area contributed by atoms with Gasteiger partial charge in [-0.05, 0) is 34.7 Å². The first-order valence-electron chi connectivity index (χ1n) is 6.39. The molecule has 1 saturated heterocycles. The lowest BCUT2D eigenvalue weighted by Crippen LogP contribution is -2.37. The molecule has 3 heterocycles. The molecule has 0 radical (unpaired) electrons. The van der Waals surface area contributed by atoms with Crippen molar-refractivity contribution in [3.05, 3.63) is 10.9 Å². The zero-order valence-electron chi connectivity index (χ0n) is 10.8. The van der Waals surface area contributed by atoms with Crippen LogP contribution in [0.2, 0.25) is 0 Å². The van der Waals surface area contributed by atoms with Crippen LogP contribution in [0.3, 0.4) is 0 Å². The van der Waals surface area contributed by atoms with Crippen LogP contribution in [-0.2, 0) is 7.05 Å². The monoisotopic (exact) mass is 325 g/mol. The molecule has 1 aliphatic heterocycles. The molecule has 7 heteroatoms. The topological polar surface area (TPSA) is 67.1 Å². The lowest BCUT2D eigenvalue weighted by molar-refractivity contribution is 0.208. The normalized spacial score (nSPS) is 20.2. The van der Waals surface area contributed by atoms with Gasteiger partial charge in [0.15, 0.2) is 5.65 Å². The first kappa shape index (κ1) is 12.8. The highest BCUT2D eigenvalue weighted by molar-refractivity contribution is 9.10. The van der Waals surface area contributed by atoms with Crippen LogP contribution in [0.15, 0.2) is 10.9 Å². The largest absolute Gasteiger partial charge is 0.396 e. The van der Waals surface area contributed by atoms with Crippen molar-refractivity contribution in [1.82, 2.24) is 19.7 Å². The Bertz CT molecular complexity index is 599. The standard InChI is InChI=1S/C12H16BrN5O/c1-17-11-9(10(13)16-17)12(15-7-14-11)18-4-2-3-8(5-18)6-19/h7-8,19H,2-6H2,1H3/t8-/m1/s1. The van der Waals surface area contributed by atoms with Gasteiger partial charge in [-0.3, -0.25) is 0 Å². The number of piperidine rings is 1. The van der Waals surface area contributed by atoms with Gasteiger partial charge in [-0.2, -0.15) is 5.10 Å². The smallest absolute Gasteiger partial charge is 0.164 e. The van der Waals surface area contributed by atoms with Crippen molar-refractivity contribution < 1.29 is 5.11 Å². The zero-order chi connectivity index (χ0) is 13.4. The fourth-order valence-corrected chi connectivity index (χ4v) is 3.27. The van der Waals surface area contributed by atoms with Gasteiger partial charge in [0.2, 0.25) is 0 Å². The predicted molar refractivity (Wildman–Crippen MR) is 76.0 cm³/mol. The van der Waals surface area contributed by atoms with Crippen LogP contribution < -0.4 is 4.90 Å². The van der Waals surface area contributed by atoms with Crippen LogP contribution in [0, 0.1) is 5.92 Å². The average Bonchev–Trinajstić information content (AvgIpc) is 2.74. The van der Waals surface area contributed by atoms with E-state index in [1.54, 1.807) is 11.0 Å². The highest BCUT2D eigenvalue weighted by atomic mass is 79.9. The summed E-state index contributed by atoms with van der Waals surface area (Å²) in [6.07, 6.45) is 3.73. The molecule has 2 aromatic rings. The molecule has 0 aromatic carbocycles. The van der Waals surface area contributed by atoms with E-state index in [9.17, 15) is 5.11 Å². The quantitative estimate of drug-likeness (QED) is 0.902. The van der Waals surface area contributed by atoms with E-state index in [1.165, 1.54) is 0 Å². The Labute approximate surface area is 119 Å². The molecule has 1 fully saturated rings. The van der Waals surface area contributed by atoms with E-state index in [2.05, 4.69) is 35.9 Å². The minimum absolute atomic E-state index is 0.235. The second kappa shape index (κ2) is 5.05. The molecule has 6 nitrogen and oxygen atoms in total. The van der Waals surface area contributed by atoms with Crippen LogP contribution in [0.1, 0.15) is 12.8 Å². The number of aliphatic hydroxyl groups is 1. The maximum atomic E-state index is 9.34. The number of rotatable bonds is 2. The maximum absolute atomic E-state index is 9.34. The second-order valence-electron chi connectivity index (χ2n) is 4.95. The molecule has 0 aliphatic carbocycles. The van der Waals surface area contributed by atoms with Crippen LogP contribution >= 0.6 is 15.9 Å². The van der Waals surface area contributed by atoms with Crippen molar-refractivity contribution >= 4 is 32.8 Å². The summed E-state index contributed by atoms with van der Waals surface area (Å²) in [6, 6.07) is 0. The molecule has 0 unspecified atom stereocenters. The molecule has 0 spiro atoms. The highest BCUT2D eigenvalue weighted by Gasteiger charge is 2.24. The molecule has 19 heavy (non-hydrogen) atoms. The van der Waals surface area contributed by atoms with Crippen LogP contribution in [-0.4, -0.2) is 44.6 Å². The zero-order valence-corrected chi connectivity index (χ0v) is 12.3. The van der Waals surface area contributed by atoms with Crippen LogP contribution in [0.5, 0.6) is 0 Å². The summed E-state index contributed by atoms with van der Waals surface area (Å²) in [5.74, 6) is 1.23. The molecule has 1 N–H and O–H groups in total. The number of aryl methyl sites for hydroxylation is 1. The van der Waals surface area contributed by atoms with Gasteiger partial charge in [0.1, 0.15) is 16.7 Å². The van der Waals surface area contributed by atoms with E-state index in [4.69, 9.17) is 0 Å². The molecular formula is C12H16BrN5O.